The van der Waals surface area contributed by atoms with Crippen LogP contribution in [0, 0.1) is 0 Å². The van der Waals surface area contributed by atoms with Gasteiger partial charge in [-0.3, -0.25) is 9.97 Å². The summed E-state index contributed by atoms with van der Waals surface area (Å²) in [5, 5.41) is 11.7. The summed E-state index contributed by atoms with van der Waals surface area (Å²) in [6.45, 7) is 5.06. The first kappa shape index (κ1) is 20.4. The Bertz CT molecular complexity index is 1280. The van der Waals surface area contributed by atoms with E-state index in [1.54, 1.807) is 27.2 Å². The molecular weight excluding hydrogens is 400 g/mol. The average Bonchev–Trinajstić information content (AvgIpc) is 2.77. The molecule has 1 fully saturated rings. The molecule has 0 spiro atoms. The summed E-state index contributed by atoms with van der Waals surface area (Å²) >= 11 is 0. The Kier molecular flexibility index (Phi) is 5.02. The van der Waals surface area contributed by atoms with Gasteiger partial charge in [-0.25, -0.2) is 4.98 Å². The second-order valence-corrected chi connectivity index (χ2v) is 8.74. The number of fused-ring (bicyclic) bond motifs is 1. The quantitative estimate of drug-likeness (QED) is 0.506. The van der Waals surface area contributed by atoms with Crippen molar-refractivity contribution >= 4 is 16.7 Å². The summed E-state index contributed by atoms with van der Waals surface area (Å²) in [4.78, 5) is 16.7. The zero-order valence-corrected chi connectivity index (χ0v) is 18.5. The standard InChI is InChI=1S/C26H26N4O2/c1-26(2,31)22-14-27-24(18-8-6-9-20(13-18)32-3)25(29-22)19-15-30(16-19)23-12-11-17-7-4-5-10-21(17)28-23/h4-14,19,31H,15-16H2,1-3H3. The second kappa shape index (κ2) is 7.88. The topological polar surface area (TPSA) is 71.4 Å². The van der Waals surface area contributed by atoms with E-state index in [2.05, 4.69) is 23.1 Å². The molecule has 1 saturated heterocycles. The Morgan fingerprint density at radius 1 is 1.00 bits per heavy atom. The van der Waals surface area contributed by atoms with Crippen LogP contribution >= 0.6 is 0 Å². The lowest BCUT2D eigenvalue weighted by Gasteiger charge is -2.40. The number of methoxy groups -OCH3 is 1. The number of aromatic nitrogens is 3. The van der Waals surface area contributed by atoms with Crippen LogP contribution in [-0.4, -0.2) is 40.3 Å². The highest BCUT2D eigenvalue weighted by Crippen LogP contribution is 2.36. The predicted octanol–water partition coefficient (Wildman–Crippen LogP) is 4.53. The van der Waals surface area contributed by atoms with Crippen molar-refractivity contribution in [2.45, 2.75) is 25.4 Å². The van der Waals surface area contributed by atoms with E-state index in [4.69, 9.17) is 19.7 Å². The zero-order valence-electron chi connectivity index (χ0n) is 18.5. The van der Waals surface area contributed by atoms with Gasteiger partial charge in [0.15, 0.2) is 0 Å². The number of pyridine rings is 1. The summed E-state index contributed by atoms with van der Waals surface area (Å²) in [5.41, 5.74) is 3.19. The van der Waals surface area contributed by atoms with E-state index in [-0.39, 0.29) is 5.92 Å². The lowest BCUT2D eigenvalue weighted by atomic mass is 9.91. The number of rotatable bonds is 5. The molecule has 0 radical (unpaired) electrons. The van der Waals surface area contributed by atoms with Crippen LogP contribution in [0.2, 0.25) is 0 Å². The van der Waals surface area contributed by atoms with Crippen LogP contribution in [-0.2, 0) is 5.60 Å². The van der Waals surface area contributed by atoms with Crippen molar-refractivity contribution in [1.82, 2.24) is 15.0 Å². The fraction of sp³-hybridized carbons (Fsp3) is 0.269. The predicted molar refractivity (Wildman–Crippen MR) is 126 cm³/mol. The van der Waals surface area contributed by atoms with Crippen LogP contribution < -0.4 is 9.64 Å². The molecule has 6 nitrogen and oxygen atoms in total. The molecule has 0 atom stereocenters. The molecule has 5 rings (SSSR count). The van der Waals surface area contributed by atoms with Gasteiger partial charge in [-0.05, 0) is 44.2 Å². The minimum absolute atomic E-state index is 0.194. The summed E-state index contributed by atoms with van der Waals surface area (Å²) < 4.78 is 5.40. The molecule has 162 valence electrons. The number of aliphatic hydroxyl groups is 1. The zero-order chi connectivity index (χ0) is 22.3. The molecule has 3 heterocycles. The number of benzene rings is 2. The van der Waals surface area contributed by atoms with Gasteiger partial charge in [-0.1, -0.05) is 30.3 Å². The Hall–Kier alpha value is -3.51. The molecule has 6 heteroatoms. The molecule has 0 amide bonds. The molecule has 2 aromatic heterocycles. The van der Waals surface area contributed by atoms with E-state index in [0.717, 1.165) is 52.5 Å². The maximum absolute atomic E-state index is 10.5. The first-order valence-corrected chi connectivity index (χ1v) is 10.8. The summed E-state index contributed by atoms with van der Waals surface area (Å²) in [6.07, 6.45) is 1.67. The number of nitrogens with zero attached hydrogens (tertiary/aromatic N) is 4. The highest BCUT2D eigenvalue weighted by atomic mass is 16.5. The molecule has 2 aromatic carbocycles. The number of anilines is 1. The maximum atomic E-state index is 10.5. The van der Waals surface area contributed by atoms with Gasteiger partial charge < -0.3 is 14.7 Å². The molecule has 0 aliphatic carbocycles. The maximum Gasteiger partial charge on any atom is 0.129 e. The van der Waals surface area contributed by atoms with Gasteiger partial charge >= 0.3 is 0 Å². The third-order valence-corrected chi connectivity index (χ3v) is 5.95. The Balaban J connectivity index is 1.47. The monoisotopic (exact) mass is 426 g/mol. The normalized spacial score (nSPS) is 14.4. The van der Waals surface area contributed by atoms with Gasteiger partial charge in [0.2, 0.25) is 0 Å². The highest BCUT2D eigenvalue weighted by molar-refractivity contribution is 5.80. The molecule has 0 bridgehead atoms. The Morgan fingerprint density at radius 3 is 2.59 bits per heavy atom. The number of para-hydroxylation sites is 1. The fourth-order valence-corrected chi connectivity index (χ4v) is 4.05. The first-order chi connectivity index (χ1) is 15.4. The SMILES string of the molecule is COc1cccc(-c2ncc(C(C)(C)O)nc2C2CN(c3ccc4ccccc4n3)C2)c1. The van der Waals surface area contributed by atoms with Crippen molar-refractivity contribution < 1.29 is 9.84 Å². The van der Waals surface area contributed by atoms with Gasteiger partial charge in [0.1, 0.15) is 17.2 Å². The minimum atomic E-state index is -1.06. The van der Waals surface area contributed by atoms with Crippen molar-refractivity contribution in [2.75, 3.05) is 25.1 Å². The van der Waals surface area contributed by atoms with Crippen LogP contribution in [0.3, 0.4) is 0 Å². The van der Waals surface area contributed by atoms with Crippen molar-refractivity contribution in [1.29, 1.82) is 0 Å². The molecule has 32 heavy (non-hydrogen) atoms. The van der Waals surface area contributed by atoms with Crippen LogP contribution in [0.5, 0.6) is 5.75 Å². The van der Waals surface area contributed by atoms with E-state index in [0.29, 0.717) is 5.69 Å². The number of hydrogen-bond acceptors (Lipinski definition) is 6. The van der Waals surface area contributed by atoms with Crippen molar-refractivity contribution in [2.24, 2.45) is 0 Å². The molecule has 1 N–H and O–H groups in total. The highest BCUT2D eigenvalue weighted by Gasteiger charge is 2.34. The van der Waals surface area contributed by atoms with Crippen LogP contribution in [0.25, 0.3) is 22.2 Å². The van der Waals surface area contributed by atoms with Crippen molar-refractivity contribution in [3.8, 4) is 17.0 Å². The van der Waals surface area contributed by atoms with E-state index < -0.39 is 5.60 Å². The van der Waals surface area contributed by atoms with Gasteiger partial charge in [0, 0.05) is 30.0 Å². The molecule has 1 aliphatic heterocycles. The molecule has 4 aromatic rings. The first-order valence-electron chi connectivity index (χ1n) is 10.8. The molecule has 1 aliphatic rings. The average molecular weight is 427 g/mol. The smallest absolute Gasteiger partial charge is 0.129 e. The van der Waals surface area contributed by atoms with E-state index in [1.807, 2.05) is 42.5 Å². The summed E-state index contributed by atoms with van der Waals surface area (Å²) in [6, 6.07) is 20.2. The van der Waals surface area contributed by atoms with Crippen LogP contribution in [0.4, 0.5) is 5.82 Å². The van der Waals surface area contributed by atoms with Gasteiger partial charge in [-0.15, -0.1) is 0 Å². The molecular formula is C26H26N4O2. The van der Waals surface area contributed by atoms with Gasteiger partial charge in [0.05, 0.1) is 35.9 Å². The lowest BCUT2D eigenvalue weighted by Crippen LogP contribution is -2.46. The van der Waals surface area contributed by atoms with Crippen molar-refractivity contribution in [3.05, 3.63) is 78.2 Å². The third-order valence-electron chi connectivity index (χ3n) is 5.95. The van der Waals surface area contributed by atoms with E-state index >= 15 is 0 Å². The summed E-state index contributed by atoms with van der Waals surface area (Å²) in [5.74, 6) is 1.94. The summed E-state index contributed by atoms with van der Waals surface area (Å²) in [7, 11) is 1.66. The Labute approximate surface area is 187 Å². The lowest BCUT2D eigenvalue weighted by molar-refractivity contribution is 0.0731. The van der Waals surface area contributed by atoms with Gasteiger partial charge in [-0.2, -0.15) is 0 Å². The minimum Gasteiger partial charge on any atom is -0.497 e. The number of ether oxygens (including phenoxy) is 1. The second-order valence-electron chi connectivity index (χ2n) is 8.74. The Morgan fingerprint density at radius 2 is 1.81 bits per heavy atom. The third kappa shape index (κ3) is 3.78. The van der Waals surface area contributed by atoms with Crippen LogP contribution in [0.1, 0.15) is 31.2 Å². The molecule has 0 saturated carbocycles. The van der Waals surface area contributed by atoms with E-state index in [1.165, 1.54) is 0 Å². The van der Waals surface area contributed by atoms with Crippen molar-refractivity contribution in [3.63, 3.8) is 0 Å². The van der Waals surface area contributed by atoms with E-state index in [9.17, 15) is 5.11 Å². The van der Waals surface area contributed by atoms with Gasteiger partial charge in [0.25, 0.3) is 0 Å². The van der Waals surface area contributed by atoms with Crippen LogP contribution in [0.15, 0.2) is 66.9 Å². The number of hydrogen-bond donors (Lipinski definition) is 1. The fourth-order valence-electron chi connectivity index (χ4n) is 4.05. The molecule has 0 unspecified atom stereocenters. The largest absolute Gasteiger partial charge is 0.497 e.